The van der Waals surface area contributed by atoms with Crippen molar-refractivity contribution in [3.8, 4) is 11.1 Å². The van der Waals surface area contributed by atoms with E-state index in [2.05, 4.69) is 23.9 Å². The van der Waals surface area contributed by atoms with Gasteiger partial charge >= 0.3 is 11.9 Å². The number of benzene rings is 2. The summed E-state index contributed by atoms with van der Waals surface area (Å²) in [5, 5.41) is 13.6. The monoisotopic (exact) mass is 441 g/mol. The molecule has 170 valence electrons. The molecule has 0 unspecified atom stereocenters. The van der Waals surface area contributed by atoms with Gasteiger partial charge in [0.1, 0.15) is 5.82 Å². The Kier molecular flexibility index (Phi) is 7.38. The summed E-state index contributed by atoms with van der Waals surface area (Å²) in [4.78, 5) is 15.7. The predicted octanol–water partition coefficient (Wildman–Crippen LogP) is 6.17. The van der Waals surface area contributed by atoms with Crippen molar-refractivity contribution in [2.75, 3.05) is 0 Å². The molecule has 3 aromatic rings. The molecule has 0 amide bonds. The van der Waals surface area contributed by atoms with Gasteiger partial charge in [0.05, 0.1) is 12.1 Å². The van der Waals surface area contributed by atoms with Gasteiger partial charge in [0, 0.05) is 12.8 Å². The molecule has 0 aliphatic rings. The highest BCUT2D eigenvalue weighted by Crippen LogP contribution is 2.31. The third-order valence-electron chi connectivity index (χ3n) is 5.34. The van der Waals surface area contributed by atoms with E-state index < -0.39 is 17.7 Å². The summed E-state index contributed by atoms with van der Waals surface area (Å²) in [6.07, 6.45) is 1.49. The van der Waals surface area contributed by atoms with E-state index in [-0.39, 0.29) is 12.0 Å². The molecule has 32 heavy (non-hydrogen) atoms. The molecule has 0 saturated carbocycles. The molecular weight excluding hydrogens is 412 g/mol. The first-order chi connectivity index (χ1) is 15.2. The zero-order valence-corrected chi connectivity index (χ0v) is 18.7. The minimum absolute atomic E-state index is 0.232. The van der Waals surface area contributed by atoms with Gasteiger partial charge in [0.25, 0.3) is 0 Å². The Morgan fingerprint density at radius 3 is 2.44 bits per heavy atom. The van der Waals surface area contributed by atoms with Gasteiger partial charge in [0.2, 0.25) is 5.82 Å². The summed E-state index contributed by atoms with van der Waals surface area (Å²) < 4.78 is 30.5. The highest BCUT2D eigenvalue weighted by atomic mass is 19.3. The SMILES string of the molecule is CCCC(F)(F)c1nc(CCC(C)C)n(Cc2ccc(-c3ccccc3C(=O)O)cc2)n1. The van der Waals surface area contributed by atoms with Crippen LogP contribution in [-0.4, -0.2) is 25.8 Å². The Bertz CT molecular complexity index is 1060. The zero-order chi connectivity index (χ0) is 23.3. The van der Waals surface area contributed by atoms with E-state index in [0.717, 1.165) is 17.5 Å². The van der Waals surface area contributed by atoms with E-state index in [4.69, 9.17) is 0 Å². The second kappa shape index (κ2) is 10.0. The molecule has 0 radical (unpaired) electrons. The number of carbonyl (C=O) groups is 1. The van der Waals surface area contributed by atoms with Crippen molar-refractivity contribution in [2.45, 2.75) is 58.9 Å². The second-order valence-electron chi connectivity index (χ2n) is 8.44. The summed E-state index contributed by atoms with van der Waals surface area (Å²) in [6.45, 7) is 6.21. The zero-order valence-electron chi connectivity index (χ0n) is 18.7. The molecule has 1 N–H and O–H groups in total. The van der Waals surface area contributed by atoms with Gasteiger partial charge in [-0.1, -0.05) is 63.2 Å². The molecule has 7 heteroatoms. The van der Waals surface area contributed by atoms with Crippen LogP contribution < -0.4 is 0 Å². The van der Waals surface area contributed by atoms with Crippen LogP contribution in [0.3, 0.4) is 0 Å². The summed E-state index contributed by atoms with van der Waals surface area (Å²) in [7, 11) is 0. The average Bonchev–Trinajstić information content (AvgIpc) is 3.16. The largest absolute Gasteiger partial charge is 0.478 e. The van der Waals surface area contributed by atoms with E-state index in [1.807, 2.05) is 24.3 Å². The lowest BCUT2D eigenvalue weighted by atomic mass is 9.99. The first-order valence-corrected chi connectivity index (χ1v) is 10.9. The van der Waals surface area contributed by atoms with Crippen LogP contribution in [0.2, 0.25) is 0 Å². The second-order valence-corrected chi connectivity index (χ2v) is 8.44. The van der Waals surface area contributed by atoms with Crippen LogP contribution in [0, 0.1) is 5.92 Å². The van der Waals surface area contributed by atoms with E-state index in [1.54, 1.807) is 35.9 Å². The predicted molar refractivity (Wildman–Crippen MR) is 120 cm³/mol. The Morgan fingerprint density at radius 2 is 1.81 bits per heavy atom. The van der Waals surface area contributed by atoms with Crippen molar-refractivity contribution in [2.24, 2.45) is 5.92 Å². The van der Waals surface area contributed by atoms with Gasteiger partial charge in [-0.3, -0.25) is 0 Å². The first kappa shape index (κ1) is 23.6. The van der Waals surface area contributed by atoms with E-state index in [9.17, 15) is 18.7 Å². The molecule has 0 fully saturated rings. The Balaban J connectivity index is 1.87. The van der Waals surface area contributed by atoms with Crippen LogP contribution in [0.25, 0.3) is 11.1 Å². The molecule has 5 nitrogen and oxygen atoms in total. The summed E-state index contributed by atoms with van der Waals surface area (Å²) in [5.74, 6) is -3.46. The number of hydrogen-bond donors (Lipinski definition) is 1. The highest BCUT2D eigenvalue weighted by Gasteiger charge is 2.36. The Labute approximate surface area is 187 Å². The topological polar surface area (TPSA) is 68.0 Å². The number of aromatic nitrogens is 3. The van der Waals surface area contributed by atoms with Gasteiger partial charge in [0.15, 0.2) is 0 Å². The first-order valence-electron chi connectivity index (χ1n) is 10.9. The smallest absolute Gasteiger partial charge is 0.336 e. The molecule has 1 heterocycles. The van der Waals surface area contributed by atoms with Crippen LogP contribution in [0.4, 0.5) is 8.78 Å². The average molecular weight is 442 g/mol. The molecular formula is C25H29F2N3O2. The number of halogens is 2. The third-order valence-corrected chi connectivity index (χ3v) is 5.34. The van der Waals surface area contributed by atoms with E-state index >= 15 is 0 Å². The van der Waals surface area contributed by atoms with Gasteiger partial charge in [-0.2, -0.15) is 8.78 Å². The van der Waals surface area contributed by atoms with E-state index in [1.165, 1.54) is 0 Å². The molecule has 0 atom stereocenters. The maximum absolute atomic E-state index is 14.4. The highest BCUT2D eigenvalue weighted by molar-refractivity contribution is 5.95. The summed E-state index contributed by atoms with van der Waals surface area (Å²) in [6, 6.07) is 14.2. The number of aryl methyl sites for hydroxylation is 1. The lowest BCUT2D eigenvalue weighted by Gasteiger charge is -2.10. The molecule has 0 spiro atoms. The van der Waals surface area contributed by atoms with Crippen LogP contribution in [0.1, 0.15) is 67.6 Å². The van der Waals surface area contributed by atoms with Gasteiger partial charge < -0.3 is 5.11 Å². The van der Waals surface area contributed by atoms with Crippen LogP contribution in [0.15, 0.2) is 48.5 Å². The van der Waals surface area contributed by atoms with Crippen molar-refractivity contribution >= 4 is 5.97 Å². The maximum atomic E-state index is 14.4. The third kappa shape index (κ3) is 5.58. The Morgan fingerprint density at radius 1 is 1.12 bits per heavy atom. The molecule has 1 aromatic heterocycles. The van der Waals surface area contributed by atoms with Crippen molar-refractivity contribution in [1.29, 1.82) is 0 Å². The lowest BCUT2D eigenvalue weighted by molar-refractivity contribution is -0.0232. The number of carboxylic acids is 1. The minimum Gasteiger partial charge on any atom is -0.478 e. The number of alkyl halides is 2. The number of aromatic carboxylic acids is 1. The fourth-order valence-electron chi connectivity index (χ4n) is 3.57. The molecule has 0 bridgehead atoms. The van der Waals surface area contributed by atoms with Crippen molar-refractivity contribution in [3.63, 3.8) is 0 Å². The molecule has 0 aliphatic carbocycles. The maximum Gasteiger partial charge on any atom is 0.336 e. The number of carboxylic acid groups (broad SMARTS) is 1. The van der Waals surface area contributed by atoms with Gasteiger partial charge in [-0.15, -0.1) is 5.10 Å². The standard InChI is InChI=1S/C25H29F2N3O2/c1-4-15-25(26,27)24-28-22(14-9-17(2)3)30(29-24)16-18-10-12-19(13-11-18)20-7-5-6-8-21(20)23(31)32/h5-8,10-13,17H,4,9,14-16H2,1-3H3,(H,31,32). The van der Waals surface area contributed by atoms with Gasteiger partial charge in [-0.25, -0.2) is 14.5 Å². The lowest BCUT2D eigenvalue weighted by Crippen LogP contribution is -2.15. The van der Waals surface area contributed by atoms with E-state index in [0.29, 0.717) is 36.7 Å². The summed E-state index contributed by atoms with van der Waals surface area (Å²) >= 11 is 0. The number of hydrogen-bond acceptors (Lipinski definition) is 3. The van der Waals surface area contributed by atoms with Crippen molar-refractivity contribution < 1.29 is 18.7 Å². The number of nitrogens with zero attached hydrogens (tertiary/aromatic N) is 3. The normalized spacial score (nSPS) is 11.8. The van der Waals surface area contributed by atoms with Crippen LogP contribution in [0.5, 0.6) is 0 Å². The van der Waals surface area contributed by atoms with Crippen molar-refractivity contribution in [1.82, 2.24) is 14.8 Å². The van der Waals surface area contributed by atoms with Crippen molar-refractivity contribution in [3.05, 3.63) is 71.3 Å². The molecule has 0 aliphatic heterocycles. The summed E-state index contributed by atoms with van der Waals surface area (Å²) in [5.41, 5.74) is 2.52. The van der Waals surface area contributed by atoms with Gasteiger partial charge in [-0.05, 0) is 41.5 Å². The van der Waals surface area contributed by atoms with Crippen LogP contribution >= 0.6 is 0 Å². The van der Waals surface area contributed by atoms with Crippen LogP contribution in [-0.2, 0) is 18.9 Å². The molecule has 3 rings (SSSR count). The number of rotatable bonds is 10. The minimum atomic E-state index is -3.04. The quantitative estimate of drug-likeness (QED) is 0.408. The fourth-order valence-corrected chi connectivity index (χ4v) is 3.57. The fraction of sp³-hybridized carbons (Fsp3) is 0.400. The molecule has 0 saturated heterocycles. The molecule has 2 aromatic carbocycles. The Hall–Kier alpha value is -3.09.